The van der Waals surface area contributed by atoms with Crippen LogP contribution in [0.25, 0.3) is 0 Å². The van der Waals surface area contributed by atoms with Crippen LogP contribution in [-0.2, 0) is 4.79 Å². The molecular formula is C8H13NO2S. The van der Waals surface area contributed by atoms with Gasteiger partial charge < -0.3 is 9.69 Å². The molecule has 4 heteroatoms. The fourth-order valence-electron chi connectivity index (χ4n) is 1.15. The molecule has 1 rings (SSSR count). The van der Waals surface area contributed by atoms with Crippen LogP contribution < -0.4 is 0 Å². The Labute approximate surface area is 76.5 Å². The molecule has 0 atom stereocenters. The molecule has 1 aliphatic rings. The van der Waals surface area contributed by atoms with Gasteiger partial charge in [0.05, 0.1) is 0 Å². The lowest BCUT2D eigenvalue weighted by atomic mass is 10.2. The van der Waals surface area contributed by atoms with Crippen molar-refractivity contribution in [1.82, 2.24) is 4.90 Å². The topological polar surface area (TPSA) is 37.4 Å². The highest BCUT2D eigenvalue weighted by Gasteiger charge is 2.19. The van der Waals surface area contributed by atoms with Gasteiger partial charge in [-0.1, -0.05) is 11.8 Å². The van der Waals surface area contributed by atoms with Crippen molar-refractivity contribution in [2.45, 2.75) is 19.8 Å². The summed E-state index contributed by atoms with van der Waals surface area (Å²) in [7, 11) is 0. The molecule has 0 bridgehead atoms. The maximum atomic E-state index is 11.1. The van der Waals surface area contributed by atoms with Gasteiger partial charge in [-0.3, -0.25) is 4.79 Å². The van der Waals surface area contributed by atoms with Crippen LogP contribution in [0.15, 0.2) is 0 Å². The molecule has 1 saturated heterocycles. The summed E-state index contributed by atoms with van der Waals surface area (Å²) in [6, 6.07) is 0. The van der Waals surface area contributed by atoms with Crippen molar-refractivity contribution in [3.63, 3.8) is 0 Å². The molecule has 1 aliphatic heterocycles. The molecule has 0 aromatic rings. The van der Waals surface area contributed by atoms with Gasteiger partial charge in [-0.05, 0) is 13.3 Å². The number of carbonyl (C=O) groups excluding carboxylic acids is 2. The van der Waals surface area contributed by atoms with E-state index in [1.54, 1.807) is 6.92 Å². The second-order valence-corrected chi connectivity index (χ2v) is 3.95. The zero-order valence-corrected chi connectivity index (χ0v) is 8.02. The third kappa shape index (κ3) is 2.85. The van der Waals surface area contributed by atoms with Crippen LogP contribution in [0, 0.1) is 0 Å². The Hall–Kier alpha value is -0.510. The Morgan fingerprint density at radius 3 is 2.92 bits per heavy atom. The van der Waals surface area contributed by atoms with Gasteiger partial charge in [-0.25, -0.2) is 0 Å². The van der Waals surface area contributed by atoms with Crippen LogP contribution in [0.2, 0.25) is 0 Å². The molecule has 1 fully saturated rings. The van der Waals surface area contributed by atoms with E-state index >= 15 is 0 Å². The molecule has 12 heavy (non-hydrogen) atoms. The Kier molecular flexibility index (Phi) is 3.59. The lowest BCUT2D eigenvalue weighted by Crippen LogP contribution is -2.24. The largest absolute Gasteiger partial charge is 0.333 e. The number of Topliss-reactive ketones (excluding diaryl/α,β-unsaturated/α-hetero) is 1. The first-order valence-electron chi connectivity index (χ1n) is 4.11. The molecule has 0 saturated carbocycles. The third-order valence-electron chi connectivity index (χ3n) is 1.80. The first-order valence-corrected chi connectivity index (χ1v) is 5.10. The molecule has 0 radical (unpaired) electrons. The SMILES string of the molecule is CC(=O)CCCN1CCSC1=O. The zero-order valence-electron chi connectivity index (χ0n) is 7.21. The van der Waals surface area contributed by atoms with Crippen LogP contribution in [0.3, 0.4) is 0 Å². The minimum absolute atomic E-state index is 0.165. The minimum atomic E-state index is 0.165. The number of carbonyl (C=O) groups is 2. The van der Waals surface area contributed by atoms with Crippen LogP contribution in [-0.4, -0.2) is 34.8 Å². The lowest BCUT2D eigenvalue weighted by molar-refractivity contribution is -0.117. The number of hydrogen-bond donors (Lipinski definition) is 0. The zero-order chi connectivity index (χ0) is 8.97. The molecule has 0 aliphatic carbocycles. The fraction of sp³-hybridized carbons (Fsp3) is 0.750. The van der Waals surface area contributed by atoms with Gasteiger partial charge in [0.2, 0.25) is 0 Å². The Bertz CT molecular complexity index is 193. The van der Waals surface area contributed by atoms with Crippen LogP contribution in [0.1, 0.15) is 19.8 Å². The quantitative estimate of drug-likeness (QED) is 0.669. The molecule has 3 nitrogen and oxygen atoms in total. The van der Waals surface area contributed by atoms with Crippen molar-refractivity contribution in [1.29, 1.82) is 0 Å². The van der Waals surface area contributed by atoms with E-state index in [4.69, 9.17) is 0 Å². The van der Waals surface area contributed by atoms with Gasteiger partial charge in [0.1, 0.15) is 5.78 Å². The van der Waals surface area contributed by atoms with E-state index in [0.717, 1.165) is 25.3 Å². The number of hydrogen-bond acceptors (Lipinski definition) is 3. The Morgan fingerprint density at radius 1 is 1.67 bits per heavy atom. The summed E-state index contributed by atoms with van der Waals surface area (Å²) in [5.41, 5.74) is 0. The van der Waals surface area contributed by atoms with Gasteiger partial charge in [0, 0.05) is 25.3 Å². The first-order chi connectivity index (χ1) is 5.70. The monoisotopic (exact) mass is 187 g/mol. The van der Waals surface area contributed by atoms with Crippen molar-refractivity contribution in [3.05, 3.63) is 0 Å². The van der Waals surface area contributed by atoms with Crippen LogP contribution in [0.5, 0.6) is 0 Å². The Balaban J connectivity index is 2.14. The van der Waals surface area contributed by atoms with Crippen molar-refractivity contribution in [3.8, 4) is 0 Å². The molecule has 1 heterocycles. The summed E-state index contributed by atoms with van der Waals surface area (Å²) < 4.78 is 0. The lowest BCUT2D eigenvalue weighted by Gasteiger charge is -2.12. The van der Waals surface area contributed by atoms with Crippen molar-refractivity contribution < 1.29 is 9.59 Å². The predicted octanol–water partition coefficient (Wildman–Crippen LogP) is 1.52. The van der Waals surface area contributed by atoms with Crippen LogP contribution in [0.4, 0.5) is 4.79 Å². The summed E-state index contributed by atoms with van der Waals surface area (Å²) in [6.45, 7) is 3.17. The number of nitrogens with zero attached hydrogens (tertiary/aromatic N) is 1. The van der Waals surface area contributed by atoms with Gasteiger partial charge in [0.15, 0.2) is 0 Å². The third-order valence-corrected chi connectivity index (χ3v) is 2.69. The molecule has 68 valence electrons. The van der Waals surface area contributed by atoms with E-state index in [2.05, 4.69) is 0 Å². The molecular weight excluding hydrogens is 174 g/mol. The molecule has 0 aromatic heterocycles. The van der Waals surface area contributed by atoms with E-state index < -0.39 is 0 Å². The standard InChI is InChI=1S/C8H13NO2S/c1-7(10)3-2-4-9-5-6-12-8(9)11/h2-6H2,1H3. The van der Waals surface area contributed by atoms with E-state index in [1.165, 1.54) is 11.8 Å². The van der Waals surface area contributed by atoms with E-state index in [-0.39, 0.29) is 11.0 Å². The highest BCUT2D eigenvalue weighted by Crippen LogP contribution is 2.17. The maximum absolute atomic E-state index is 11.1. The van der Waals surface area contributed by atoms with Crippen molar-refractivity contribution in [2.24, 2.45) is 0 Å². The van der Waals surface area contributed by atoms with E-state index in [0.29, 0.717) is 6.42 Å². The van der Waals surface area contributed by atoms with Gasteiger partial charge in [-0.2, -0.15) is 0 Å². The summed E-state index contributed by atoms with van der Waals surface area (Å²) in [5.74, 6) is 1.10. The second-order valence-electron chi connectivity index (χ2n) is 2.91. The predicted molar refractivity (Wildman–Crippen MR) is 49.3 cm³/mol. The normalized spacial score (nSPS) is 17.1. The summed E-state index contributed by atoms with van der Waals surface area (Å²) >= 11 is 1.37. The van der Waals surface area contributed by atoms with Crippen molar-refractivity contribution in [2.75, 3.05) is 18.8 Å². The molecule has 0 unspecified atom stereocenters. The average molecular weight is 187 g/mol. The molecule has 0 N–H and O–H groups in total. The molecule has 1 amide bonds. The highest BCUT2D eigenvalue weighted by atomic mass is 32.2. The second kappa shape index (κ2) is 4.50. The van der Waals surface area contributed by atoms with E-state index in [9.17, 15) is 9.59 Å². The Morgan fingerprint density at radius 2 is 2.42 bits per heavy atom. The number of thioether (sulfide) groups is 1. The summed E-state index contributed by atoms with van der Waals surface area (Å²) in [6.07, 6.45) is 1.40. The van der Waals surface area contributed by atoms with Gasteiger partial charge in [0.25, 0.3) is 5.24 Å². The van der Waals surface area contributed by atoms with Crippen molar-refractivity contribution >= 4 is 22.8 Å². The van der Waals surface area contributed by atoms with Gasteiger partial charge in [-0.15, -0.1) is 0 Å². The number of ketones is 1. The maximum Gasteiger partial charge on any atom is 0.281 e. The molecule has 0 aromatic carbocycles. The smallest absolute Gasteiger partial charge is 0.281 e. The number of amides is 1. The summed E-state index contributed by atoms with van der Waals surface area (Å²) in [5, 5.41) is 0.165. The minimum Gasteiger partial charge on any atom is -0.333 e. The number of rotatable bonds is 4. The van der Waals surface area contributed by atoms with Crippen LogP contribution >= 0.6 is 11.8 Å². The highest BCUT2D eigenvalue weighted by molar-refractivity contribution is 8.13. The average Bonchev–Trinajstić information content (AvgIpc) is 2.36. The fourth-order valence-corrected chi connectivity index (χ4v) is 2.00. The first kappa shape index (κ1) is 9.58. The summed E-state index contributed by atoms with van der Waals surface area (Å²) in [4.78, 5) is 23.5. The molecule has 0 spiro atoms. The van der Waals surface area contributed by atoms with Gasteiger partial charge >= 0.3 is 0 Å². The van der Waals surface area contributed by atoms with E-state index in [1.807, 2.05) is 4.90 Å².